The number of aliphatic hydroxyl groups is 1. The molecule has 3 fully saturated rings. The van der Waals surface area contributed by atoms with Crippen molar-refractivity contribution < 1.29 is 14.6 Å². The van der Waals surface area contributed by atoms with Gasteiger partial charge in [-0.15, -0.1) is 0 Å². The summed E-state index contributed by atoms with van der Waals surface area (Å²) in [5.41, 5.74) is 1.78. The maximum absolute atomic E-state index is 10.6. The molecule has 0 amide bonds. The lowest BCUT2D eigenvalue weighted by atomic mass is 9.70. The molecule has 1 N–H and O–H groups in total. The Kier molecular flexibility index (Phi) is 5.84. The van der Waals surface area contributed by atoms with Crippen LogP contribution in [0.3, 0.4) is 0 Å². The van der Waals surface area contributed by atoms with E-state index in [9.17, 15) is 5.11 Å². The van der Waals surface area contributed by atoms with Gasteiger partial charge in [-0.05, 0) is 48.1 Å². The molecule has 0 radical (unpaired) electrons. The number of nitrogens with zero attached hydrogens (tertiary/aromatic N) is 2. The molecule has 0 aromatic heterocycles. The van der Waals surface area contributed by atoms with Gasteiger partial charge in [-0.2, -0.15) is 0 Å². The van der Waals surface area contributed by atoms with Crippen LogP contribution in [0.5, 0.6) is 5.75 Å². The molecule has 4 atom stereocenters. The second-order valence-corrected chi connectivity index (χ2v) is 10.0. The molecule has 2 saturated carbocycles. The Bertz CT molecular complexity index is 701. The van der Waals surface area contributed by atoms with Crippen LogP contribution in [-0.4, -0.2) is 68.7 Å². The fraction of sp³-hybridized carbons (Fsp3) is 0.750. The smallest absolute Gasteiger partial charge is 0.142 e. The zero-order chi connectivity index (χ0) is 20.6. The number of ether oxygens (including phenoxy) is 2. The van der Waals surface area contributed by atoms with Crippen LogP contribution in [0.1, 0.15) is 40.0 Å². The standard InChI is InChI=1S/C24H38N2O3/c1-23(2)18-9-10-24(23,3)22(15-18)29-17-19(27)16-25-11-13-26(14-12-25)20-7-5-6-8-21(20)28-4/h5-8,18-19,22,27H,9-17H2,1-4H3. The van der Waals surface area contributed by atoms with Gasteiger partial charge in [-0.25, -0.2) is 0 Å². The number of hydrogen-bond acceptors (Lipinski definition) is 5. The van der Waals surface area contributed by atoms with Crippen LogP contribution >= 0.6 is 0 Å². The molecule has 5 nitrogen and oxygen atoms in total. The van der Waals surface area contributed by atoms with Gasteiger partial charge in [0.05, 0.1) is 31.6 Å². The highest BCUT2D eigenvalue weighted by Crippen LogP contribution is 2.66. The third-order valence-corrected chi connectivity index (χ3v) is 8.47. The van der Waals surface area contributed by atoms with Crippen LogP contribution in [0.4, 0.5) is 5.69 Å². The lowest BCUT2D eigenvalue weighted by molar-refractivity contribution is -0.0794. The number of anilines is 1. The molecular formula is C24H38N2O3. The lowest BCUT2D eigenvalue weighted by Crippen LogP contribution is -2.49. The number of piperazine rings is 1. The Hall–Kier alpha value is -1.30. The third kappa shape index (κ3) is 3.77. The number of hydrogen-bond donors (Lipinski definition) is 1. The fourth-order valence-corrected chi connectivity index (χ4v) is 6.02. The predicted octanol–water partition coefficient (Wildman–Crippen LogP) is 3.41. The van der Waals surface area contributed by atoms with Crippen LogP contribution in [0.25, 0.3) is 0 Å². The van der Waals surface area contributed by atoms with Crippen LogP contribution in [0.2, 0.25) is 0 Å². The predicted molar refractivity (Wildman–Crippen MR) is 117 cm³/mol. The summed E-state index contributed by atoms with van der Waals surface area (Å²) in [4.78, 5) is 4.72. The average Bonchev–Trinajstić information content (AvgIpc) is 3.06. The lowest BCUT2D eigenvalue weighted by Gasteiger charge is -2.40. The molecule has 1 aromatic rings. The number of benzene rings is 1. The highest BCUT2D eigenvalue weighted by atomic mass is 16.5. The number of methoxy groups -OCH3 is 1. The minimum absolute atomic E-state index is 0.262. The SMILES string of the molecule is COc1ccccc1N1CCN(CC(O)COC2CC3CCC2(C)C3(C)C)CC1. The summed E-state index contributed by atoms with van der Waals surface area (Å²) in [5, 5.41) is 10.6. The second kappa shape index (κ2) is 8.09. The van der Waals surface area contributed by atoms with Crippen molar-refractivity contribution in [3.63, 3.8) is 0 Å². The number of para-hydroxylation sites is 2. The van der Waals surface area contributed by atoms with E-state index in [4.69, 9.17) is 9.47 Å². The van der Waals surface area contributed by atoms with Gasteiger partial charge >= 0.3 is 0 Å². The number of rotatable bonds is 7. The van der Waals surface area contributed by atoms with Gasteiger partial charge in [0, 0.05) is 32.7 Å². The topological polar surface area (TPSA) is 45.2 Å². The van der Waals surface area contributed by atoms with E-state index in [-0.39, 0.29) is 5.41 Å². The quantitative estimate of drug-likeness (QED) is 0.757. The minimum atomic E-state index is -0.418. The minimum Gasteiger partial charge on any atom is -0.495 e. The monoisotopic (exact) mass is 402 g/mol. The molecule has 4 unspecified atom stereocenters. The fourth-order valence-electron chi connectivity index (χ4n) is 6.02. The van der Waals surface area contributed by atoms with Gasteiger partial charge in [0.15, 0.2) is 0 Å². The van der Waals surface area contributed by atoms with Gasteiger partial charge in [0.25, 0.3) is 0 Å². The molecule has 0 spiro atoms. The Labute approximate surface area is 176 Å². The van der Waals surface area contributed by atoms with Gasteiger partial charge in [-0.3, -0.25) is 4.90 Å². The first-order chi connectivity index (χ1) is 13.8. The Balaban J connectivity index is 1.23. The summed E-state index contributed by atoms with van der Waals surface area (Å²) in [6.07, 6.45) is 3.64. The molecule has 1 aliphatic heterocycles. The molecule has 162 valence electrons. The van der Waals surface area contributed by atoms with E-state index in [2.05, 4.69) is 42.7 Å². The molecule has 3 aliphatic rings. The number of β-amino-alcohol motifs (C(OH)–C–C–N with tert-alkyl or cyclic N) is 1. The summed E-state index contributed by atoms with van der Waals surface area (Å²) in [5.74, 6) is 1.70. The number of aliphatic hydroxyl groups excluding tert-OH is 1. The molecule has 29 heavy (non-hydrogen) atoms. The largest absolute Gasteiger partial charge is 0.495 e. The van der Waals surface area contributed by atoms with Crippen molar-refractivity contribution in [2.75, 3.05) is 51.3 Å². The van der Waals surface area contributed by atoms with Crippen LogP contribution in [-0.2, 0) is 4.74 Å². The zero-order valence-electron chi connectivity index (χ0n) is 18.6. The van der Waals surface area contributed by atoms with Crippen molar-refractivity contribution >= 4 is 5.69 Å². The van der Waals surface area contributed by atoms with Gasteiger partial charge in [0.1, 0.15) is 5.75 Å². The van der Waals surface area contributed by atoms with E-state index in [1.54, 1.807) is 7.11 Å². The van der Waals surface area contributed by atoms with E-state index in [1.165, 1.54) is 12.8 Å². The van der Waals surface area contributed by atoms with Crippen molar-refractivity contribution in [3.05, 3.63) is 24.3 Å². The first-order valence-corrected chi connectivity index (χ1v) is 11.2. The molecule has 1 saturated heterocycles. The average molecular weight is 403 g/mol. The molecular weight excluding hydrogens is 364 g/mol. The van der Waals surface area contributed by atoms with Gasteiger partial charge < -0.3 is 19.5 Å². The van der Waals surface area contributed by atoms with Gasteiger partial charge in [-0.1, -0.05) is 32.9 Å². The first kappa shape index (κ1) is 21.0. The van der Waals surface area contributed by atoms with E-state index in [0.29, 0.717) is 24.7 Å². The van der Waals surface area contributed by atoms with Crippen molar-refractivity contribution in [3.8, 4) is 5.75 Å². The summed E-state index contributed by atoms with van der Waals surface area (Å²) in [7, 11) is 1.73. The van der Waals surface area contributed by atoms with Crippen LogP contribution in [0, 0.1) is 16.7 Å². The van der Waals surface area contributed by atoms with Gasteiger partial charge in [0.2, 0.25) is 0 Å². The maximum atomic E-state index is 10.6. The van der Waals surface area contributed by atoms with E-state index in [1.807, 2.05) is 12.1 Å². The number of fused-ring (bicyclic) bond motifs is 2. The Morgan fingerprint density at radius 1 is 1.14 bits per heavy atom. The Morgan fingerprint density at radius 2 is 1.86 bits per heavy atom. The summed E-state index contributed by atoms with van der Waals surface area (Å²) < 4.78 is 11.8. The highest BCUT2D eigenvalue weighted by Gasteiger charge is 2.61. The second-order valence-electron chi connectivity index (χ2n) is 10.0. The molecule has 4 rings (SSSR count). The van der Waals surface area contributed by atoms with Crippen molar-refractivity contribution in [1.29, 1.82) is 0 Å². The first-order valence-electron chi connectivity index (χ1n) is 11.2. The normalized spacial score (nSPS) is 32.5. The van der Waals surface area contributed by atoms with Crippen molar-refractivity contribution in [1.82, 2.24) is 4.90 Å². The van der Waals surface area contributed by atoms with E-state index < -0.39 is 6.10 Å². The van der Waals surface area contributed by atoms with Crippen molar-refractivity contribution in [2.24, 2.45) is 16.7 Å². The Morgan fingerprint density at radius 3 is 2.48 bits per heavy atom. The third-order valence-electron chi connectivity index (χ3n) is 8.47. The van der Waals surface area contributed by atoms with Crippen LogP contribution < -0.4 is 9.64 Å². The summed E-state index contributed by atoms with van der Waals surface area (Å²) in [6.45, 7) is 12.2. The summed E-state index contributed by atoms with van der Waals surface area (Å²) in [6, 6.07) is 8.20. The summed E-state index contributed by atoms with van der Waals surface area (Å²) >= 11 is 0. The maximum Gasteiger partial charge on any atom is 0.142 e. The van der Waals surface area contributed by atoms with E-state index in [0.717, 1.165) is 50.0 Å². The van der Waals surface area contributed by atoms with E-state index >= 15 is 0 Å². The molecule has 5 heteroatoms. The van der Waals surface area contributed by atoms with Crippen LogP contribution in [0.15, 0.2) is 24.3 Å². The van der Waals surface area contributed by atoms with Crippen molar-refractivity contribution in [2.45, 2.75) is 52.2 Å². The molecule has 2 aliphatic carbocycles. The zero-order valence-corrected chi connectivity index (χ0v) is 18.6. The molecule has 1 aromatic carbocycles. The molecule has 1 heterocycles. The molecule has 2 bridgehead atoms. The highest BCUT2D eigenvalue weighted by molar-refractivity contribution is 5.58.